The van der Waals surface area contributed by atoms with Crippen LogP contribution >= 0.6 is 12.2 Å². The van der Waals surface area contributed by atoms with Gasteiger partial charge in [-0.25, -0.2) is 0 Å². The average molecular weight is 422 g/mol. The lowest BCUT2D eigenvalue weighted by atomic mass is 10.2. The van der Waals surface area contributed by atoms with Gasteiger partial charge in [0.15, 0.2) is 4.77 Å². The van der Waals surface area contributed by atoms with Crippen LogP contribution in [0.15, 0.2) is 66.9 Å². The number of nitrogens with one attached hydrogen (secondary N) is 2. The summed E-state index contributed by atoms with van der Waals surface area (Å²) in [5, 5.41) is 3.04. The third kappa shape index (κ3) is 5.05. The molecule has 2 N–H and O–H groups in total. The topological polar surface area (TPSA) is 56.3 Å². The van der Waals surface area contributed by atoms with Gasteiger partial charge in [-0.3, -0.25) is 19.2 Å². The number of rotatable bonds is 7. The standard InChI is InChI=1S/C23H27N5OS/c29-22(21-17-25-23(30)28(21)20-9-5-2-6-10-20)24-11-12-26-13-15-27(16-14-26)18-19-7-3-1-4-8-19/h1-10,17H,11-16,18H2,(H,24,29)(H,25,30). The molecule has 2 aromatic carbocycles. The second-order valence-corrected chi connectivity index (χ2v) is 7.90. The highest BCUT2D eigenvalue weighted by atomic mass is 32.1. The van der Waals surface area contributed by atoms with Crippen molar-refractivity contribution >= 4 is 18.1 Å². The predicted molar refractivity (Wildman–Crippen MR) is 121 cm³/mol. The number of amides is 1. The maximum absolute atomic E-state index is 12.7. The molecule has 156 valence electrons. The number of hydrogen-bond donors (Lipinski definition) is 2. The highest BCUT2D eigenvalue weighted by Gasteiger charge is 2.18. The van der Waals surface area contributed by atoms with Gasteiger partial charge in [0.05, 0.1) is 0 Å². The van der Waals surface area contributed by atoms with E-state index < -0.39 is 0 Å². The first-order chi connectivity index (χ1) is 14.7. The largest absolute Gasteiger partial charge is 0.349 e. The average Bonchev–Trinajstić information content (AvgIpc) is 3.18. The fraction of sp³-hybridized carbons (Fsp3) is 0.304. The third-order valence-corrected chi connectivity index (χ3v) is 5.75. The molecule has 0 saturated carbocycles. The summed E-state index contributed by atoms with van der Waals surface area (Å²) in [5.74, 6) is -0.117. The summed E-state index contributed by atoms with van der Waals surface area (Å²) >= 11 is 5.36. The van der Waals surface area contributed by atoms with Gasteiger partial charge in [0.1, 0.15) is 5.69 Å². The molecule has 30 heavy (non-hydrogen) atoms. The van der Waals surface area contributed by atoms with Crippen LogP contribution in [-0.2, 0) is 6.54 Å². The van der Waals surface area contributed by atoms with Gasteiger partial charge >= 0.3 is 0 Å². The maximum atomic E-state index is 12.7. The number of hydrogen-bond acceptors (Lipinski definition) is 4. The molecule has 7 heteroatoms. The van der Waals surface area contributed by atoms with Crippen molar-refractivity contribution in [1.82, 2.24) is 24.7 Å². The number of aromatic amines is 1. The van der Waals surface area contributed by atoms with Crippen LogP contribution in [0.4, 0.5) is 0 Å². The van der Waals surface area contributed by atoms with E-state index in [0.717, 1.165) is 45.0 Å². The number of para-hydroxylation sites is 1. The molecule has 2 heterocycles. The molecule has 6 nitrogen and oxygen atoms in total. The van der Waals surface area contributed by atoms with E-state index >= 15 is 0 Å². The van der Waals surface area contributed by atoms with Crippen LogP contribution in [0.1, 0.15) is 16.1 Å². The Morgan fingerprint density at radius 1 is 0.933 bits per heavy atom. The van der Waals surface area contributed by atoms with Crippen LogP contribution in [0.5, 0.6) is 0 Å². The lowest BCUT2D eigenvalue weighted by molar-refractivity contribution is 0.0927. The molecule has 4 rings (SSSR count). The number of carbonyl (C=O) groups excluding carboxylic acids is 1. The minimum Gasteiger partial charge on any atom is -0.349 e. The van der Waals surface area contributed by atoms with E-state index in [1.807, 2.05) is 30.3 Å². The van der Waals surface area contributed by atoms with Crippen LogP contribution in [0.25, 0.3) is 5.69 Å². The van der Waals surface area contributed by atoms with Gasteiger partial charge in [0.25, 0.3) is 5.91 Å². The van der Waals surface area contributed by atoms with Gasteiger partial charge in [-0.2, -0.15) is 0 Å². The zero-order valence-corrected chi connectivity index (χ0v) is 17.8. The monoisotopic (exact) mass is 421 g/mol. The minimum atomic E-state index is -0.117. The summed E-state index contributed by atoms with van der Waals surface area (Å²) in [4.78, 5) is 20.6. The van der Waals surface area contributed by atoms with Gasteiger partial charge in [-0.15, -0.1) is 0 Å². The van der Waals surface area contributed by atoms with Gasteiger partial charge < -0.3 is 10.3 Å². The van der Waals surface area contributed by atoms with Crippen LogP contribution in [-0.4, -0.2) is 64.5 Å². The summed E-state index contributed by atoms with van der Waals surface area (Å²) in [6.07, 6.45) is 1.67. The number of aromatic nitrogens is 2. The zero-order chi connectivity index (χ0) is 20.8. The smallest absolute Gasteiger partial charge is 0.269 e. The highest BCUT2D eigenvalue weighted by molar-refractivity contribution is 7.71. The predicted octanol–water partition coefficient (Wildman–Crippen LogP) is 3.08. The van der Waals surface area contributed by atoms with Crippen LogP contribution in [0.3, 0.4) is 0 Å². The molecule has 1 saturated heterocycles. The summed E-state index contributed by atoms with van der Waals surface area (Å²) in [6, 6.07) is 20.3. The summed E-state index contributed by atoms with van der Waals surface area (Å²) in [7, 11) is 0. The quantitative estimate of drug-likeness (QED) is 0.576. The summed E-state index contributed by atoms with van der Waals surface area (Å²) in [6.45, 7) is 6.61. The van der Waals surface area contributed by atoms with Crippen molar-refractivity contribution in [2.24, 2.45) is 0 Å². The van der Waals surface area contributed by atoms with Gasteiger partial charge in [0.2, 0.25) is 0 Å². The van der Waals surface area contributed by atoms with E-state index in [0.29, 0.717) is 17.0 Å². The lowest BCUT2D eigenvalue weighted by Gasteiger charge is -2.34. The first-order valence-electron chi connectivity index (χ1n) is 10.3. The molecular formula is C23H27N5OS. The van der Waals surface area contributed by atoms with Crippen LogP contribution < -0.4 is 5.32 Å². The molecule has 0 unspecified atom stereocenters. The van der Waals surface area contributed by atoms with E-state index in [2.05, 4.69) is 50.4 Å². The molecule has 0 radical (unpaired) electrons. The second-order valence-electron chi connectivity index (χ2n) is 7.51. The SMILES string of the molecule is O=C(NCCN1CCN(Cc2ccccc2)CC1)c1c[nH]c(=S)n1-c1ccccc1. The van der Waals surface area contributed by atoms with Crippen molar-refractivity contribution < 1.29 is 4.79 Å². The molecule has 3 aromatic rings. The van der Waals surface area contributed by atoms with Gasteiger partial charge in [-0.05, 0) is 29.9 Å². The molecule has 0 atom stereocenters. The fourth-order valence-electron chi connectivity index (χ4n) is 3.80. The molecule has 1 amide bonds. The minimum absolute atomic E-state index is 0.117. The summed E-state index contributed by atoms with van der Waals surface area (Å²) < 4.78 is 2.29. The molecule has 1 aliphatic rings. The molecule has 0 bridgehead atoms. The molecule has 0 aliphatic carbocycles. The number of nitrogens with zero attached hydrogens (tertiary/aromatic N) is 3. The number of H-pyrrole nitrogens is 1. The number of imidazole rings is 1. The van der Waals surface area contributed by atoms with E-state index in [1.54, 1.807) is 10.8 Å². The Morgan fingerprint density at radius 2 is 1.57 bits per heavy atom. The Labute approximate surface area is 182 Å². The molecule has 1 fully saturated rings. The Hall–Kier alpha value is -2.74. The first kappa shape index (κ1) is 20.5. The number of carbonyl (C=O) groups is 1. The molecular weight excluding hydrogens is 394 g/mol. The number of piperazine rings is 1. The third-order valence-electron chi connectivity index (χ3n) is 5.45. The Balaban J connectivity index is 1.25. The number of benzene rings is 2. The van der Waals surface area contributed by atoms with Crippen LogP contribution in [0.2, 0.25) is 0 Å². The van der Waals surface area contributed by atoms with E-state index in [4.69, 9.17) is 12.2 Å². The van der Waals surface area contributed by atoms with Gasteiger partial charge in [0, 0.05) is 57.7 Å². The van der Waals surface area contributed by atoms with E-state index in [-0.39, 0.29) is 5.91 Å². The maximum Gasteiger partial charge on any atom is 0.269 e. The molecule has 1 aromatic heterocycles. The van der Waals surface area contributed by atoms with Crippen molar-refractivity contribution in [2.75, 3.05) is 39.3 Å². The molecule has 0 spiro atoms. The van der Waals surface area contributed by atoms with Gasteiger partial charge in [-0.1, -0.05) is 48.5 Å². The second kappa shape index (κ2) is 9.84. The fourth-order valence-corrected chi connectivity index (χ4v) is 4.06. The normalized spacial score (nSPS) is 15.2. The van der Waals surface area contributed by atoms with Crippen LogP contribution in [0, 0.1) is 4.77 Å². The summed E-state index contributed by atoms with van der Waals surface area (Å²) in [5.41, 5.74) is 2.76. The van der Waals surface area contributed by atoms with Crippen molar-refractivity contribution in [2.45, 2.75) is 6.54 Å². The van der Waals surface area contributed by atoms with E-state index in [9.17, 15) is 4.79 Å². The Bertz CT molecular complexity index is 1010. The Kier molecular flexibility index (Phi) is 6.74. The Morgan fingerprint density at radius 3 is 2.27 bits per heavy atom. The first-order valence-corrected chi connectivity index (χ1v) is 10.7. The van der Waals surface area contributed by atoms with Crippen molar-refractivity contribution in [3.05, 3.63) is 82.9 Å². The zero-order valence-electron chi connectivity index (χ0n) is 17.0. The highest BCUT2D eigenvalue weighted by Crippen LogP contribution is 2.12. The van der Waals surface area contributed by atoms with Crippen molar-refractivity contribution in [3.63, 3.8) is 0 Å². The lowest BCUT2D eigenvalue weighted by Crippen LogP contribution is -2.48. The molecule has 1 aliphatic heterocycles. The van der Waals surface area contributed by atoms with Crippen molar-refractivity contribution in [3.8, 4) is 5.69 Å². The van der Waals surface area contributed by atoms with Crippen molar-refractivity contribution in [1.29, 1.82) is 0 Å². The van der Waals surface area contributed by atoms with E-state index in [1.165, 1.54) is 5.56 Å².